The van der Waals surface area contributed by atoms with Gasteiger partial charge in [-0.15, -0.1) is 0 Å². The van der Waals surface area contributed by atoms with E-state index >= 15 is 0 Å². The molecule has 0 spiro atoms. The Kier molecular flexibility index (Phi) is 7.94. The fraction of sp³-hybridized carbons (Fsp3) is 0.182. The zero-order valence-corrected chi connectivity index (χ0v) is 9.50. The summed E-state index contributed by atoms with van der Waals surface area (Å²) in [5.74, 6) is -7.61. The van der Waals surface area contributed by atoms with E-state index < -0.39 is 40.7 Å². The van der Waals surface area contributed by atoms with Crippen LogP contribution in [0.5, 0.6) is 0 Å². The molecule has 0 bridgehead atoms. The number of hydrogen-bond acceptors (Lipinski definition) is 5. The first-order valence-electron chi connectivity index (χ1n) is 4.87. The van der Waals surface area contributed by atoms with Gasteiger partial charge in [0, 0.05) is 0 Å². The third kappa shape index (κ3) is 3.78. The van der Waals surface area contributed by atoms with Gasteiger partial charge in [-0.2, -0.15) is 14.9 Å². The number of rotatable bonds is 3. The number of hydrogen-bond donors (Lipinski definition) is 0. The number of esters is 1. The van der Waals surface area contributed by atoms with Crippen LogP contribution in [-0.4, -0.2) is 68.9 Å². The third-order valence-corrected chi connectivity index (χ3v) is 1.99. The van der Waals surface area contributed by atoms with Gasteiger partial charge in [-0.25, -0.2) is 18.6 Å². The molecular formula is C11H6F3KN3O2. The summed E-state index contributed by atoms with van der Waals surface area (Å²) in [6.07, 6.45) is 0. The zero-order chi connectivity index (χ0) is 14.6. The molecule has 5 nitrogen and oxygen atoms in total. The molecule has 0 saturated carbocycles. The summed E-state index contributed by atoms with van der Waals surface area (Å²) in [7, 11) is 0. The van der Waals surface area contributed by atoms with Crippen LogP contribution < -0.4 is 0 Å². The normalized spacial score (nSPS) is 9.35. The summed E-state index contributed by atoms with van der Waals surface area (Å²) < 4.78 is 44.6. The van der Waals surface area contributed by atoms with Crippen molar-refractivity contribution >= 4 is 57.4 Å². The second kappa shape index (κ2) is 8.34. The Bertz CT molecular complexity index is 610. The van der Waals surface area contributed by atoms with Crippen molar-refractivity contribution in [2.24, 2.45) is 0 Å². The number of aromatic nitrogens is 1. The molecule has 0 unspecified atom stereocenters. The number of nitriles is 2. The van der Waals surface area contributed by atoms with E-state index in [0.717, 1.165) is 0 Å². The number of nitrogens with zero attached hydrogens (tertiary/aromatic N) is 3. The molecule has 0 fully saturated rings. The molecule has 1 aromatic rings. The van der Waals surface area contributed by atoms with Crippen LogP contribution in [0.15, 0.2) is 0 Å². The average molecular weight is 308 g/mol. The molecular weight excluding hydrogens is 302 g/mol. The maximum absolute atomic E-state index is 13.7. The summed E-state index contributed by atoms with van der Waals surface area (Å²) in [6, 6.07) is 2.41. The van der Waals surface area contributed by atoms with Crippen LogP contribution >= 0.6 is 0 Å². The van der Waals surface area contributed by atoms with E-state index in [1.54, 1.807) is 0 Å². The van der Waals surface area contributed by atoms with Gasteiger partial charge in [-0.1, -0.05) is 0 Å². The van der Waals surface area contributed by atoms with Gasteiger partial charge in [0.1, 0.15) is 6.07 Å². The van der Waals surface area contributed by atoms with Crippen molar-refractivity contribution in [1.82, 2.24) is 4.98 Å². The third-order valence-electron chi connectivity index (χ3n) is 1.99. The first-order chi connectivity index (χ1) is 8.97. The molecule has 0 atom stereocenters. The number of ether oxygens (including phenoxy) is 1. The standard InChI is InChI=1S/C11H5F3N3O2.K.H/c1-2-19-11(18)5(3-15)7-8(12)6(4-16)17-10(14)9(7)13;;/h2H2,1H3;;. The molecule has 1 rings (SSSR count). The van der Waals surface area contributed by atoms with Crippen LogP contribution in [0.3, 0.4) is 0 Å². The Balaban J connectivity index is 0.00000361. The van der Waals surface area contributed by atoms with Gasteiger partial charge in [0.15, 0.2) is 17.3 Å². The summed E-state index contributed by atoms with van der Waals surface area (Å²) in [5.41, 5.74) is -2.32. The molecule has 1 radical (unpaired) electrons. The Morgan fingerprint density at radius 3 is 2.35 bits per heavy atom. The van der Waals surface area contributed by atoms with Crippen molar-refractivity contribution < 1.29 is 22.7 Å². The van der Waals surface area contributed by atoms with Gasteiger partial charge in [-0.05, 0) is 6.92 Å². The Morgan fingerprint density at radius 1 is 1.30 bits per heavy atom. The summed E-state index contributed by atoms with van der Waals surface area (Å²) in [4.78, 5) is 14.1. The van der Waals surface area contributed by atoms with E-state index in [9.17, 15) is 18.0 Å². The van der Waals surface area contributed by atoms with E-state index in [-0.39, 0.29) is 58.0 Å². The Labute approximate surface area is 154 Å². The Morgan fingerprint density at radius 2 is 1.90 bits per heavy atom. The van der Waals surface area contributed by atoms with Crippen molar-refractivity contribution in [3.8, 4) is 12.1 Å². The second-order valence-electron chi connectivity index (χ2n) is 3.07. The van der Waals surface area contributed by atoms with Crippen LogP contribution in [0.4, 0.5) is 13.2 Å². The van der Waals surface area contributed by atoms with Gasteiger partial charge in [0.05, 0.1) is 18.2 Å². The maximum atomic E-state index is 13.7. The summed E-state index contributed by atoms with van der Waals surface area (Å²) in [5, 5.41) is 17.2. The fourth-order valence-corrected chi connectivity index (χ4v) is 1.21. The van der Waals surface area contributed by atoms with Crippen molar-refractivity contribution in [1.29, 1.82) is 10.5 Å². The van der Waals surface area contributed by atoms with E-state index in [1.807, 2.05) is 0 Å². The Hall–Kier alpha value is -0.974. The first-order valence-corrected chi connectivity index (χ1v) is 4.87. The molecule has 20 heavy (non-hydrogen) atoms. The minimum atomic E-state index is -1.83. The van der Waals surface area contributed by atoms with Crippen molar-refractivity contribution in [3.63, 3.8) is 0 Å². The topological polar surface area (TPSA) is 86.8 Å². The van der Waals surface area contributed by atoms with Crippen LogP contribution in [0.2, 0.25) is 0 Å². The summed E-state index contributed by atoms with van der Waals surface area (Å²) >= 11 is 0. The van der Waals surface area contributed by atoms with Crippen LogP contribution in [-0.2, 0) is 9.53 Å². The molecule has 0 aliphatic heterocycles. The molecule has 0 saturated heterocycles. The van der Waals surface area contributed by atoms with Gasteiger partial charge < -0.3 is 4.74 Å². The van der Waals surface area contributed by atoms with Crippen molar-refractivity contribution in [2.45, 2.75) is 6.92 Å². The predicted molar refractivity (Wildman–Crippen MR) is 60.6 cm³/mol. The molecule has 0 amide bonds. The number of pyridine rings is 1. The molecule has 1 heterocycles. The van der Waals surface area contributed by atoms with E-state index in [1.165, 1.54) is 19.1 Å². The van der Waals surface area contributed by atoms with Crippen LogP contribution in [0, 0.1) is 46.2 Å². The van der Waals surface area contributed by atoms with Gasteiger partial charge >= 0.3 is 57.4 Å². The first kappa shape index (κ1) is 19.0. The number of carbonyl (C=O) groups is 1. The minimum absolute atomic E-state index is 0. The number of carbonyl (C=O) groups excluding carboxylic acids is 1. The SMILES string of the molecule is CCOC(=O)[C](C#N)c1c(F)c(F)nc(C#N)c1F.[KH]. The fourth-order valence-electron chi connectivity index (χ4n) is 1.21. The molecule has 1 aromatic heterocycles. The van der Waals surface area contributed by atoms with E-state index in [4.69, 9.17) is 10.5 Å². The second-order valence-corrected chi connectivity index (χ2v) is 3.07. The van der Waals surface area contributed by atoms with E-state index in [2.05, 4.69) is 9.72 Å². The van der Waals surface area contributed by atoms with Gasteiger partial charge in [0.2, 0.25) is 5.92 Å². The van der Waals surface area contributed by atoms with Crippen LogP contribution in [0.1, 0.15) is 18.2 Å². The average Bonchev–Trinajstić information content (AvgIpc) is 2.39. The van der Waals surface area contributed by atoms with Crippen molar-refractivity contribution in [3.05, 3.63) is 34.8 Å². The molecule has 9 heteroatoms. The van der Waals surface area contributed by atoms with Crippen LogP contribution in [0.25, 0.3) is 0 Å². The van der Waals surface area contributed by atoms with E-state index in [0.29, 0.717) is 0 Å². The molecule has 0 aliphatic carbocycles. The molecule has 0 aromatic carbocycles. The number of halogens is 3. The molecule has 0 aliphatic rings. The zero-order valence-electron chi connectivity index (χ0n) is 9.50. The molecule has 0 N–H and O–H groups in total. The van der Waals surface area contributed by atoms with Gasteiger partial charge in [-0.3, -0.25) is 0 Å². The van der Waals surface area contributed by atoms with Gasteiger partial charge in [0.25, 0.3) is 5.95 Å². The summed E-state index contributed by atoms with van der Waals surface area (Å²) in [6.45, 7) is 1.26. The monoisotopic (exact) mass is 308 g/mol. The predicted octanol–water partition coefficient (Wildman–Crippen LogP) is 0.731. The quantitative estimate of drug-likeness (QED) is 0.467. The van der Waals surface area contributed by atoms with Crippen molar-refractivity contribution in [2.75, 3.05) is 6.61 Å². The molecule has 99 valence electrons.